The Bertz CT molecular complexity index is 892. The van der Waals surface area contributed by atoms with Gasteiger partial charge in [0.15, 0.2) is 0 Å². The summed E-state index contributed by atoms with van der Waals surface area (Å²) in [5.41, 5.74) is 1.11. The lowest BCUT2D eigenvalue weighted by atomic mass is 10.2. The van der Waals surface area contributed by atoms with E-state index >= 15 is 0 Å². The predicted octanol–water partition coefficient (Wildman–Crippen LogP) is 3.30. The van der Waals surface area contributed by atoms with Crippen LogP contribution in [0.3, 0.4) is 0 Å². The molecule has 1 atom stereocenters. The summed E-state index contributed by atoms with van der Waals surface area (Å²) in [6, 6.07) is 9.87. The highest BCUT2D eigenvalue weighted by atomic mass is 35.5. The number of anilines is 1. The van der Waals surface area contributed by atoms with Crippen LogP contribution >= 0.6 is 11.6 Å². The number of carbonyl (C=O) groups is 2. The molecule has 0 fully saturated rings. The standard InChI is InChI=1S/C17H14ClN3O3/c1-10(15-8-11-7-12(18)4-5-14(11)24-15)20-16(22)17(23)21-13-3-2-6-19-9-13/h2-10H,1H3,(H,20,22)(H,21,23)/t10-/m0/s1. The number of nitrogens with zero attached hydrogens (tertiary/aromatic N) is 1. The number of nitrogens with one attached hydrogen (secondary N) is 2. The maximum Gasteiger partial charge on any atom is 0.313 e. The van der Waals surface area contributed by atoms with Crippen molar-refractivity contribution in [2.45, 2.75) is 13.0 Å². The molecule has 3 rings (SSSR count). The first-order valence-electron chi connectivity index (χ1n) is 7.24. The molecule has 6 nitrogen and oxygen atoms in total. The Labute approximate surface area is 142 Å². The first kappa shape index (κ1) is 16.0. The van der Waals surface area contributed by atoms with Crippen molar-refractivity contribution < 1.29 is 14.0 Å². The van der Waals surface area contributed by atoms with Gasteiger partial charge in [0.1, 0.15) is 11.3 Å². The first-order chi connectivity index (χ1) is 11.5. The number of aromatic nitrogens is 1. The van der Waals surface area contributed by atoms with Crippen LogP contribution in [0.2, 0.25) is 5.02 Å². The van der Waals surface area contributed by atoms with Gasteiger partial charge in [0.2, 0.25) is 0 Å². The Morgan fingerprint density at radius 3 is 2.79 bits per heavy atom. The zero-order valence-electron chi connectivity index (χ0n) is 12.7. The highest BCUT2D eigenvalue weighted by Gasteiger charge is 2.19. The van der Waals surface area contributed by atoms with Gasteiger partial charge in [-0.25, -0.2) is 0 Å². The molecule has 7 heteroatoms. The van der Waals surface area contributed by atoms with Gasteiger partial charge in [0.25, 0.3) is 0 Å². The summed E-state index contributed by atoms with van der Waals surface area (Å²) >= 11 is 5.94. The lowest BCUT2D eigenvalue weighted by molar-refractivity contribution is -0.136. The Hall–Kier alpha value is -2.86. The second-order valence-electron chi connectivity index (χ2n) is 5.22. The van der Waals surface area contributed by atoms with Crippen molar-refractivity contribution >= 4 is 40.1 Å². The molecule has 0 saturated heterocycles. The Morgan fingerprint density at radius 1 is 1.21 bits per heavy atom. The number of hydrogen-bond donors (Lipinski definition) is 2. The summed E-state index contributed by atoms with van der Waals surface area (Å²) in [5, 5.41) is 6.50. The van der Waals surface area contributed by atoms with Gasteiger partial charge in [-0.1, -0.05) is 11.6 Å². The summed E-state index contributed by atoms with van der Waals surface area (Å²) in [7, 11) is 0. The van der Waals surface area contributed by atoms with Crippen molar-refractivity contribution in [2.24, 2.45) is 0 Å². The maximum absolute atomic E-state index is 12.0. The van der Waals surface area contributed by atoms with Crippen LogP contribution in [0.4, 0.5) is 5.69 Å². The normalized spacial score (nSPS) is 11.9. The van der Waals surface area contributed by atoms with Gasteiger partial charge < -0.3 is 15.1 Å². The second kappa shape index (κ2) is 6.72. The summed E-state index contributed by atoms with van der Waals surface area (Å²) < 4.78 is 5.67. The predicted molar refractivity (Wildman–Crippen MR) is 90.6 cm³/mol. The third-order valence-corrected chi connectivity index (χ3v) is 3.63. The Morgan fingerprint density at radius 2 is 2.04 bits per heavy atom. The molecule has 0 spiro atoms. The van der Waals surface area contributed by atoms with E-state index in [0.29, 0.717) is 22.1 Å². The molecule has 2 N–H and O–H groups in total. The minimum absolute atomic E-state index is 0.448. The van der Waals surface area contributed by atoms with Crippen LogP contribution in [0.25, 0.3) is 11.0 Å². The van der Waals surface area contributed by atoms with Gasteiger partial charge in [0, 0.05) is 16.6 Å². The molecule has 0 aliphatic carbocycles. The maximum atomic E-state index is 12.0. The molecule has 0 aliphatic heterocycles. The number of amides is 2. The van der Waals surface area contributed by atoms with Crippen LogP contribution in [0, 0.1) is 0 Å². The Balaban J connectivity index is 1.67. The van der Waals surface area contributed by atoms with E-state index < -0.39 is 17.9 Å². The molecular weight excluding hydrogens is 330 g/mol. The molecule has 24 heavy (non-hydrogen) atoms. The van der Waals surface area contributed by atoms with Gasteiger partial charge in [-0.15, -0.1) is 0 Å². The molecule has 0 radical (unpaired) electrons. The molecule has 0 aliphatic rings. The van der Waals surface area contributed by atoms with E-state index in [1.165, 1.54) is 6.20 Å². The van der Waals surface area contributed by atoms with Crippen molar-refractivity contribution in [1.29, 1.82) is 0 Å². The van der Waals surface area contributed by atoms with Crippen LogP contribution < -0.4 is 10.6 Å². The summed E-state index contributed by atoms with van der Waals surface area (Å²) in [5.74, 6) is -0.992. The number of carbonyl (C=O) groups excluding carboxylic acids is 2. The van der Waals surface area contributed by atoms with E-state index in [4.69, 9.17) is 16.0 Å². The highest BCUT2D eigenvalue weighted by Crippen LogP contribution is 2.26. The van der Waals surface area contributed by atoms with Crippen LogP contribution in [0.15, 0.2) is 53.2 Å². The molecule has 0 saturated carbocycles. The Kier molecular flexibility index (Phi) is 4.48. The van der Waals surface area contributed by atoms with E-state index in [-0.39, 0.29) is 0 Å². The average Bonchev–Trinajstić information content (AvgIpc) is 2.99. The summed E-state index contributed by atoms with van der Waals surface area (Å²) in [4.78, 5) is 27.8. The van der Waals surface area contributed by atoms with E-state index in [1.54, 1.807) is 49.5 Å². The molecule has 2 aromatic heterocycles. The number of furan rings is 1. The third-order valence-electron chi connectivity index (χ3n) is 3.40. The number of rotatable bonds is 3. The number of hydrogen-bond acceptors (Lipinski definition) is 4. The van der Waals surface area contributed by atoms with Crippen LogP contribution in [-0.4, -0.2) is 16.8 Å². The summed E-state index contributed by atoms with van der Waals surface area (Å²) in [6.45, 7) is 1.73. The van der Waals surface area contributed by atoms with Gasteiger partial charge in [-0.3, -0.25) is 14.6 Å². The van der Waals surface area contributed by atoms with Gasteiger partial charge in [0.05, 0.1) is 17.9 Å². The van der Waals surface area contributed by atoms with Gasteiger partial charge in [-0.05, 0) is 43.3 Å². The number of benzene rings is 1. The minimum Gasteiger partial charge on any atom is -0.459 e. The number of fused-ring (bicyclic) bond motifs is 1. The van der Waals surface area contributed by atoms with Crippen molar-refractivity contribution in [2.75, 3.05) is 5.32 Å². The van der Waals surface area contributed by atoms with Crippen LogP contribution in [-0.2, 0) is 9.59 Å². The highest BCUT2D eigenvalue weighted by molar-refractivity contribution is 6.39. The monoisotopic (exact) mass is 343 g/mol. The molecular formula is C17H14ClN3O3. The molecule has 3 aromatic rings. The fourth-order valence-electron chi connectivity index (χ4n) is 2.21. The van der Waals surface area contributed by atoms with Gasteiger partial charge in [-0.2, -0.15) is 0 Å². The van der Waals surface area contributed by atoms with Crippen molar-refractivity contribution in [3.63, 3.8) is 0 Å². The van der Waals surface area contributed by atoms with E-state index in [9.17, 15) is 9.59 Å². The fraction of sp³-hybridized carbons (Fsp3) is 0.118. The first-order valence-corrected chi connectivity index (χ1v) is 7.61. The van der Waals surface area contributed by atoms with E-state index in [1.807, 2.05) is 0 Å². The van der Waals surface area contributed by atoms with Crippen molar-refractivity contribution in [3.8, 4) is 0 Å². The van der Waals surface area contributed by atoms with Crippen LogP contribution in [0.1, 0.15) is 18.7 Å². The summed E-state index contributed by atoms with van der Waals surface area (Å²) in [6.07, 6.45) is 3.03. The topological polar surface area (TPSA) is 84.2 Å². The second-order valence-corrected chi connectivity index (χ2v) is 5.66. The molecule has 2 heterocycles. The SMILES string of the molecule is C[C@H](NC(=O)C(=O)Nc1cccnc1)c1cc2cc(Cl)ccc2o1. The largest absolute Gasteiger partial charge is 0.459 e. The lowest BCUT2D eigenvalue weighted by Crippen LogP contribution is -2.36. The van der Waals surface area contributed by atoms with E-state index in [0.717, 1.165) is 5.39 Å². The van der Waals surface area contributed by atoms with Crippen molar-refractivity contribution in [3.05, 3.63) is 59.6 Å². The minimum atomic E-state index is -0.769. The van der Waals surface area contributed by atoms with Crippen LogP contribution in [0.5, 0.6) is 0 Å². The molecule has 2 amide bonds. The third kappa shape index (κ3) is 3.55. The molecule has 0 unspecified atom stereocenters. The fourth-order valence-corrected chi connectivity index (χ4v) is 2.39. The molecule has 122 valence electrons. The quantitative estimate of drug-likeness (QED) is 0.715. The smallest absolute Gasteiger partial charge is 0.313 e. The number of halogens is 1. The van der Waals surface area contributed by atoms with Crippen molar-refractivity contribution in [1.82, 2.24) is 10.3 Å². The van der Waals surface area contributed by atoms with E-state index in [2.05, 4.69) is 15.6 Å². The zero-order valence-corrected chi connectivity index (χ0v) is 13.5. The zero-order chi connectivity index (χ0) is 17.1. The number of pyridine rings is 1. The van der Waals surface area contributed by atoms with Gasteiger partial charge >= 0.3 is 11.8 Å². The molecule has 1 aromatic carbocycles. The molecule has 0 bridgehead atoms. The lowest BCUT2D eigenvalue weighted by Gasteiger charge is -2.11. The average molecular weight is 344 g/mol.